The van der Waals surface area contributed by atoms with Gasteiger partial charge in [-0.25, -0.2) is 0 Å². The number of hydrogen-bond acceptors (Lipinski definition) is 3. The van der Waals surface area contributed by atoms with Gasteiger partial charge in [0.05, 0.1) is 35.6 Å². The van der Waals surface area contributed by atoms with Crippen molar-refractivity contribution in [2.24, 2.45) is 5.92 Å². The molecular weight excluding hydrogens is 466 g/mol. The van der Waals surface area contributed by atoms with Crippen LogP contribution in [0.5, 0.6) is 0 Å². The van der Waals surface area contributed by atoms with Gasteiger partial charge >= 0.3 is 12.1 Å². The van der Waals surface area contributed by atoms with Crippen LogP contribution in [0.4, 0.5) is 18.9 Å². The van der Waals surface area contributed by atoms with Crippen LogP contribution in [0.15, 0.2) is 42.5 Å². The lowest BCUT2D eigenvalue weighted by Crippen LogP contribution is -2.26. The Balaban J connectivity index is 2.26. The lowest BCUT2D eigenvalue weighted by Gasteiger charge is -2.20. The van der Waals surface area contributed by atoms with Gasteiger partial charge in [-0.15, -0.1) is 0 Å². The number of anilines is 1. The van der Waals surface area contributed by atoms with Crippen molar-refractivity contribution in [3.8, 4) is 0 Å². The number of carbonyl (C=O) groups excluding carboxylic acids is 2. The molecule has 2 aromatic rings. The van der Waals surface area contributed by atoms with Gasteiger partial charge in [0, 0.05) is 5.02 Å². The number of hydrogen-bond donors (Lipinski definition) is 1. The monoisotopic (exact) mass is 489 g/mol. The molecule has 1 N–H and O–H groups in total. The summed E-state index contributed by atoms with van der Waals surface area (Å²) in [4.78, 5) is 24.9. The molecule has 2 rings (SSSR count). The summed E-state index contributed by atoms with van der Waals surface area (Å²) in [6.07, 6.45) is -4.99. The normalized spacial score (nSPS) is 13.3. The first-order valence-electron chi connectivity index (χ1n) is 10.1. The molecule has 4 nitrogen and oxygen atoms in total. The molecule has 0 aliphatic carbocycles. The minimum Gasteiger partial charge on any atom is -0.466 e. The van der Waals surface area contributed by atoms with Gasteiger partial charge < -0.3 is 10.1 Å². The molecular formula is C23H24Cl2F3NO3. The van der Waals surface area contributed by atoms with Gasteiger partial charge in [0.1, 0.15) is 0 Å². The number of carbonyl (C=O) groups is 2. The Morgan fingerprint density at radius 2 is 1.72 bits per heavy atom. The minimum absolute atomic E-state index is 0.174. The van der Waals surface area contributed by atoms with E-state index < -0.39 is 24.4 Å². The van der Waals surface area contributed by atoms with Crippen molar-refractivity contribution in [2.75, 3.05) is 11.9 Å². The number of ether oxygens (including phenoxy) is 1. The van der Waals surface area contributed by atoms with E-state index in [1.54, 1.807) is 19.1 Å². The van der Waals surface area contributed by atoms with E-state index in [4.69, 9.17) is 27.9 Å². The van der Waals surface area contributed by atoms with Crippen LogP contribution in [0.3, 0.4) is 0 Å². The first-order valence-corrected chi connectivity index (χ1v) is 10.9. The number of amides is 1. The molecule has 0 fully saturated rings. The van der Waals surface area contributed by atoms with E-state index in [0.717, 1.165) is 0 Å². The molecule has 2 atom stereocenters. The first kappa shape index (κ1) is 26.0. The van der Waals surface area contributed by atoms with Crippen LogP contribution in [-0.4, -0.2) is 24.7 Å². The van der Waals surface area contributed by atoms with Crippen LogP contribution in [0.1, 0.15) is 43.7 Å². The Bertz CT molecular complexity index is 933. The smallest absolute Gasteiger partial charge is 0.390 e. The number of alkyl halides is 3. The third-order valence-corrected chi connectivity index (χ3v) is 5.49. The topological polar surface area (TPSA) is 55.4 Å². The summed E-state index contributed by atoms with van der Waals surface area (Å²) in [6, 6.07) is 10.4. The summed E-state index contributed by atoms with van der Waals surface area (Å²) >= 11 is 12.0. The quantitative estimate of drug-likeness (QED) is 0.394. The van der Waals surface area contributed by atoms with Crippen LogP contribution in [0, 0.1) is 5.92 Å². The van der Waals surface area contributed by atoms with Crippen LogP contribution >= 0.6 is 23.2 Å². The number of rotatable bonds is 9. The second-order valence-electron chi connectivity index (χ2n) is 7.29. The number of nitrogens with one attached hydrogen (secondary N) is 1. The lowest BCUT2D eigenvalue weighted by atomic mass is 9.94. The van der Waals surface area contributed by atoms with Gasteiger partial charge in [0.25, 0.3) is 0 Å². The van der Waals surface area contributed by atoms with Crippen molar-refractivity contribution in [2.45, 2.75) is 45.2 Å². The minimum atomic E-state index is -4.55. The Morgan fingerprint density at radius 3 is 2.28 bits per heavy atom. The Kier molecular flexibility index (Phi) is 9.40. The fraction of sp³-hybridized carbons (Fsp3) is 0.391. The highest BCUT2D eigenvalue weighted by Gasteiger charge is 2.36. The molecule has 0 saturated heterocycles. The summed E-state index contributed by atoms with van der Waals surface area (Å²) in [5.74, 6) is -3.04. The molecule has 0 aliphatic rings. The summed E-state index contributed by atoms with van der Waals surface area (Å²) in [5, 5.41) is 3.04. The number of benzene rings is 2. The average molecular weight is 490 g/mol. The van der Waals surface area contributed by atoms with E-state index in [2.05, 4.69) is 5.32 Å². The van der Waals surface area contributed by atoms with Crippen molar-refractivity contribution < 1.29 is 27.5 Å². The van der Waals surface area contributed by atoms with Gasteiger partial charge in [0.15, 0.2) is 0 Å². The lowest BCUT2D eigenvalue weighted by molar-refractivity contribution is -0.148. The third-order valence-electron chi connectivity index (χ3n) is 4.91. The second kappa shape index (κ2) is 11.6. The van der Waals surface area contributed by atoms with E-state index in [0.29, 0.717) is 23.4 Å². The van der Waals surface area contributed by atoms with E-state index in [1.807, 2.05) is 6.92 Å². The zero-order valence-corrected chi connectivity index (χ0v) is 19.2. The fourth-order valence-corrected chi connectivity index (χ4v) is 3.53. The van der Waals surface area contributed by atoms with Crippen molar-refractivity contribution in [3.05, 3.63) is 63.6 Å². The molecule has 0 aromatic heterocycles. The molecule has 32 heavy (non-hydrogen) atoms. The summed E-state index contributed by atoms with van der Waals surface area (Å²) in [5.41, 5.74) is 1.06. The first-order chi connectivity index (χ1) is 15.0. The van der Waals surface area contributed by atoms with Crippen molar-refractivity contribution in [3.63, 3.8) is 0 Å². The Hall–Kier alpha value is -2.25. The van der Waals surface area contributed by atoms with Gasteiger partial charge in [-0.05, 0) is 55.2 Å². The van der Waals surface area contributed by atoms with Gasteiger partial charge in [-0.2, -0.15) is 13.2 Å². The molecule has 0 saturated carbocycles. The zero-order valence-electron chi connectivity index (χ0n) is 17.6. The number of halogens is 5. The van der Waals surface area contributed by atoms with Crippen LogP contribution in [-0.2, 0) is 20.7 Å². The van der Waals surface area contributed by atoms with Crippen molar-refractivity contribution in [1.29, 1.82) is 0 Å². The van der Waals surface area contributed by atoms with Gasteiger partial charge in [0.2, 0.25) is 5.91 Å². The highest BCUT2D eigenvalue weighted by molar-refractivity contribution is 6.33. The standard InChI is InChI=1S/C23H24Cl2F3NO3/c1-3-15(22(31)32-4-2)11-14-5-10-19(25)20(12-14)29-21(30)18(13-23(26,27)28)16-6-8-17(24)9-7-16/h5-10,12,15,18H,3-4,11,13H2,1-2H3,(H,29,30)/t15-,18+/m1/s1. The maximum Gasteiger partial charge on any atom is 0.390 e. The summed E-state index contributed by atoms with van der Waals surface area (Å²) in [6.45, 7) is 3.84. The average Bonchev–Trinajstić information content (AvgIpc) is 2.72. The zero-order chi connectivity index (χ0) is 23.9. The van der Waals surface area contributed by atoms with E-state index in [9.17, 15) is 22.8 Å². The van der Waals surface area contributed by atoms with E-state index in [-0.39, 0.29) is 34.8 Å². The highest BCUT2D eigenvalue weighted by Crippen LogP contribution is 2.34. The Labute approximate surface area is 195 Å². The predicted octanol–water partition coefficient (Wildman–Crippen LogP) is 6.80. The molecule has 9 heteroatoms. The second-order valence-corrected chi connectivity index (χ2v) is 8.13. The molecule has 2 aromatic carbocycles. The molecule has 0 spiro atoms. The predicted molar refractivity (Wildman–Crippen MR) is 119 cm³/mol. The summed E-state index contributed by atoms with van der Waals surface area (Å²) in [7, 11) is 0. The van der Waals surface area contributed by atoms with Gasteiger partial charge in [-0.3, -0.25) is 9.59 Å². The van der Waals surface area contributed by atoms with Gasteiger partial charge in [-0.1, -0.05) is 48.3 Å². The van der Waals surface area contributed by atoms with Crippen LogP contribution < -0.4 is 5.32 Å². The van der Waals surface area contributed by atoms with Crippen molar-refractivity contribution >= 4 is 40.8 Å². The van der Waals surface area contributed by atoms with Crippen LogP contribution in [0.25, 0.3) is 0 Å². The largest absolute Gasteiger partial charge is 0.466 e. The van der Waals surface area contributed by atoms with Crippen LogP contribution in [0.2, 0.25) is 10.0 Å². The SMILES string of the molecule is CCOC(=O)[C@H](CC)Cc1ccc(Cl)c(NC(=O)[C@@H](CC(F)(F)F)c2ccc(Cl)cc2)c1. The fourth-order valence-electron chi connectivity index (χ4n) is 3.24. The maximum absolute atomic E-state index is 13.2. The number of esters is 1. The third kappa shape index (κ3) is 7.71. The molecule has 0 unspecified atom stereocenters. The summed E-state index contributed by atoms with van der Waals surface area (Å²) < 4.78 is 44.5. The Morgan fingerprint density at radius 1 is 1.06 bits per heavy atom. The molecule has 0 heterocycles. The maximum atomic E-state index is 13.2. The molecule has 0 radical (unpaired) electrons. The van der Waals surface area contributed by atoms with E-state index >= 15 is 0 Å². The molecule has 0 aliphatic heterocycles. The molecule has 174 valence electrons. The van der Waals surface area contributed by atoms with Crippen molar-refractivity contribution in [1.82, 2.24) is 0 Å². The molecule has 1 amide bonds. The highest BCUT2D eigenvalue weighted by atomic mass is 35.5. The van der Waals surface area contributed by atoms with E-state index in [1.165, 1.54) is 30.3 Å². The molecule has 0 bridgehead atoms.